The Morgan fingerprint density at radius 2 is 2.05 bits per heavy atom. The molecule has 0 atom stereocenters. The molecule has 7 nitrogen and oxygen atoms in total. The lowest BCUT2D eigenvalue weighted by atomic mass is 10.1. The summed E-state index contributed by atoms with van der Waals surface area (Å²) in [7, 11) is 1.40. The molecule has 1 aromatic carbocycles. The van der Waals surface area contributed by atoms with E-state index in [0.29, 0.717) is 5.75 Å². The summed E-state index contributed by atoms with van der Waals surface area (Å²) >= 11 is 0. The van der Waals surface area contributed by atoms with Gasteiger partial charge in [-0.25, -0.2) is 4.79 Å². The first-order valence-corrected chi connectivity index (χ1v) is 5.79. The molecule has 108 valence electrons. The first kappa shape index (κ1) is 15.5. The zero-order valence-electron chi connectivity index (χ0n) is 11.3. The van der Waals surface area contributed by atoms with Crippen LogP contribution in [0.1, 0.15) is 19.4 Å². The highest BCUT2D eigenvalue weighted by Crippen LogP contribution is 2.35. The number of ether oxygens (including phenoxy) is 2. The summed E-state index contributed by atoms with van der Waals surface area (Å²) in [5.41, 5.74) is -0.121. The van der Waals surface area contributed by atoms with Crippen molar-refractivity contribution in [2.45, 2.75) is 20.0 Å². The van der Waals surface area contributed by atoms with Crippen molar-refractivity contribution in [2.24, 2.45) is 0 Å². The van der Waals surface area contributed by atoms with Crippen LogP contribution in [0.4, 0.5) is 5.69 Å². The van der Waals surface area contributed by atoms with Crippen LogP contribution in [-0.2, 0) is 4.79 Å². The predicted molar refractivity (Wildman–Crippen MR) is 72.1 cm³/mol. The van der Waals surface area contributed by atoms with Crippen molar-refractivity contribution in [3.63, 3.8) is 0 Å². The van der Waals surface area contributed by atoms with Gasteiger partial charge in [-0.1, -0.05) is 0 Å². The van der Waals surface area contributed by atoms with Crippen LogP contribution in [0.5, 0.6) is 11.5 Å². The third-order valence-electron chi connectivity index (χ3n) is 2.28. The highest BCUT2D eigenvalue weighted by molar-refractivity contribution is 5.86. The van der Waals surface area contributed by atoms with E-state index in [9.17, 15) is 14.9 Å². The van der Waals surface area contributed by atoms with Gasteiger partial charge in [0.1, 0.15) is 0 Å². The SMILES string of the molecule is COc1cc(/C=C/C(=O)O)c([N+](=O)[O-])cc1OC(C)C. The Hall–Kier alpha value is -2.57. The quantitative estimate of drug-likeness (QED) is 0.488. The van der Waals surface area contributed by atoms with Crippen LogP contribution in [0, 0.1) is 10.1 Å². The fourth-order valence-electron chi connectivity index (χ4n) is 1.52. The van der Waals surface area contributed by atoms with Crippen molar-refractivity contribution in [3.05, 3.63) is 33.9 Å². The highest BCUT2D eigenvalue weighted by Gasteiger charge is 2.19. The molecule has 0 bridgehead atoms. The van der Waals surface area contributed by atoms with E-state index in [2.05, 4.69) is 0 Å². The zero-order chi connectivity index (χ0) is 15.3. The van der Waals surface area contributed by atoms with E-state index in [0.717, 1.165) is 12.2 Å². The van der Waals surface area contributed by atoms with Gasteiger partial charge < -0.3 is 14.6 Å². The molecular weight excluding hydrogens is 266 g/mol. The minimum Gasteiger partial charge on any atom is -0.493 e. The van der Waals surface area contributed by atoms with E-state index in [4.69, 9.17) is 14.6 Å². The molecule has 20 heavy (non-hydrogen) atoms. The molecule has 1 rings (SSSR count). The fourth-order valence-corrected chi connectivity index (χ4v) is 1.52. The second-order valence-corrected chi connectivity index (χ2v) is 4.16. The third kappa shape index (κ3) is 3.98. The van der Waals surface area contributed by atoms with Gasteiger partial charge in [-0.05, 0) is 26.0 Å². The molecule has 0 amide bonds. The number of carboxylic acids is 1. The van der Waals surface area contributed by atoms with Crippen LogP contribution in [0.2, 0.25) is 0 Å². The lowest BCUT2D eigenvalue weighted by Gasteiger charge is -2.14. The average molecular weight is 281 g/mol. The fraction of sp³-hybridized carbons (Fsp3) is 0.308. The third-order valence-corrected chi connectivity index (χ3v) is 2.28. The maximum absolute atomic E-state index is 11.0. The van der Waals surface area contributed by atoms with Gasteiger partial charge in [0.25, 0.3) is 5.69 Å². The second-order valence-electron chi connectivity index (χ2n) is 4.16. The maximum Gasteiger partial charge on any atom is 0.328 e. The van der Waals surface area contributed by atoms with E-state index in [1.807, 2.05) is 0 Å². The normalized spacial score (nSPS) is 10.8. The van der Waals surface area contributed by atoms with Gasteiger partial charge in [0.15, 0.2) is 11.5 Å². The van der Waals surface area contributed by atoms with Crippen LogP contribution in [-0.4, -0.2) is 29.2 Å². The number of aliphatic carboxylic acids is 1. The minimum atomic E-state index is -1.19. The molecular formula is C13H15NO6. The first-order valence-electron chi connectivity index (χ1n) is 5.79. The molecule has 0 aromatic heterocycles. The molecule has 1 aromatic rings. The van der Waals surface area contributed by atoms with Gasteiger partial charge in [0.2, 0.25) is 0 Å². The van der Waals surface area contributed by atoms with Crippen molar-refractivity contribution < 1.29 is 24.3 Å². The Bertz CT molecular complexity index is 550. The number of carboxylic acid groups (broad SMARTS) is 1. The topological polar surface area (TPSA) is 98.9 Å². The van der Waals surface area contributed by atoms with Crippen LogP contribution in [0.25, 0.3) is 6.08 Å². The van der Waals surface area contributed by atoms with E-state index >= 15 is 0 Å². The summed E-state index contributed by atoms with van der Waals surface area (Å²) in [4.78, 5) is 20.9. The molecule has 0 aliphatic rings. The number of nitrogens with zero attached hydrogens (tertiary/aromatic N) is 1. The molecule has 0 heterocycles. The molecule has 0 radical (unpaired) electrons. The van der Waals surface area contributed by atoms with Crippen molar-refractivity contribution in [2.75, 3.05) is 7.11 Å². The van der Waals surface area contributed by atoms with E-state index in [1.165, 1.54) is 19.2 Å². The average Bonchev–Trinajstić information content (AvgIpc) is 2.35. The number of benzene rings is 1. The monoisotopic (exact) mass is 281 g/mol. The number of rotatable bonds is 6. The summed E-state index contributed by atoms with van der Waals surface area (Å²) in [5, 5.41) is 19.6. The van der Waals surface area contributed by atoms with Gasteiger partial charge >= 0.3 is 5.97 Å². The van der Waals surface area contributed by atoms with Crippen molar-refractivity contribution >= 4 is 17.7 Å². The number of nitro benzene ring substituents is 1. The Balaban J connectivity index is 3.36. The van der Waals surface area contributed by atoms with Crippen LogP contribution in [0.15, 0.2) is 18.2 Å². The number of hydrogen-bond donors (Lipinski definition) is 1. The van der Waals surface area contributed by atoms with Crippen molar-refractivity contribution in [1.82, 2.24) is 0 Å². The van der Waals surface area contributed by atoms with E-state index in [-0.39, 0.29) is 23.1 Å². The van der Waals surface area contributed by atoms with Gasteiger partial charge in [-0.15, -0.1) is 0 Å². The van der Waals surface area contributed by atoms with Gasteiger partial charge in [-0.2, -0.15) is 0 Å². The smallest absolute Gasteiger partial charge is 0.328 e. The number of nitro groups is 1. The largest absolute Gasteiger partial charge is 0.493 e. The molecule has 0 aliphatic carbocycles. The zero-order valence-corrected chi connectivity index (χ0v) is 11.3. The molecule has 7 heteroatoms. The lowest BCUT2D eigenvalue weighted by molar-refractivity contribution is -0.385. The van der Waals surface area contributed by atoms with Gasteiger partial charge in [-0.3, -0.25) is 10.1 Å². The van der Waals surface area contributed by atoms with E-state index < -0.39 is 10.9 Å². The minimum absolute atomic E-state index is 0.130. The van der Waals surface area contributed by atoms with Crippen LogP contribution < -0.4 is 9.47 Å². The van der Waals surface area contributed by atoms with Crippen LogP contribution in [0.3, 0.4) is 0 Å². The Morgan fingerprint density at radius 3 is 2.50 bits per heavy atom. The Labute approximate surface area is 115 Å². The summed E-state index contributed by atoms with van der Waals surface area (Å²) in [6.07, 6.45) is 1.79. The molecule has 0 fully saturated rings. The molecule has 0 aliphatic heterocycles. The number of methoxy groups -OCH3 is 1. The molecule has 0 spiro atoms. The van der Waals surface area contributed by atoms with Gasteiger partial charge in [0.05, 0.1) is 29.8 Å². The first-order chi connectivity index (χ1) is 9.35. The molecule has 1 N–H and O–H groups in total. The van der Waals surface area contributed by atoms with Gasteiger partial charge in [0, 0.05) is 6.08 Å². The maximum atomic E-state index is 11.0. The Morgan fingerprint density at radius 1 is 1.40 bits per heavy atom. The second kappa shape index (κ2) is 6.55. The van der Waals surface area contributed by atoms with E-state index in [1.54, 1.807) is 13.8 Å². The summed E-state index contributed by atoms with van der Waals surface area (Å²) in [6.45, 7) is 3.56. The standard InChI is InChI=1S/C13H15NO6/c1-8(2)20-12-7-10(14(17)18)9(4-5-13(15)16)6-11(12)19-3/h4-8H,1-3H3,(H,15,16)/b5-4+. The molecule has 0 unspecified atom stereocenters. The van der Waals surface area contributed by atoms with Crippen LogP contribution >= 0.6 is 0 Å². The highest BCUT2D eigenvalue weighted by atomic mass is 16.6. The number of hydrogen-bond acceptors (Lipinski definition) is 5. The summed E-state index contributed by atoms with van der Waals surface area (Å²) in [6, 6.07) is 2.59. The Kier molecular flexibility index (Phi) is 5.08. The molecule has 0 saturated carbocycles. The predicted octanol–water partition coefficient (Wildman–Crippen LogP) is 2.49. The van der Waals surface area contributed by atoms with Crippen molar-refractivity contribution in [3.8, 4) is 11.5 Å². The summed E-state index contributed by atoms with van der Waals surface area (Å²) < 4.78 is 10.5. The lowest BCUT2D eigenvalue weighted by Crippen LogP contribution is -2.07. The molecule has 0 saturated heterocycles. The van der Waals surface area contributed by atoms with Crippen molar-refractivity contribution in [1.29, 1.82) is 0 Å². The number of carbonyl (C=O) groups is 1. The summed E-state index contributed by atoms with van der Waals surface area (Å²) in [5.74, 6) is -0.656.